The van der Waals surface area contributed by atoms with Gasteiger partial charge in [-0.25, -0.2) is 23.4 Å². The number of carbonyl (C=O) groups is 2. The van der Waals surface area contributed by atoms with Gasteiger partial charge in [-0.05, 0) is 80.5 Å². The van der Waals surface area contributed by atoms with Gasteiger partial charge in [-0.1, -0.05) is 5.16 Å². The highest BCUT2D eigenvalue weighted by molar-refractivity contribution is 5.93. The van der Waals surface area contributed by atoms with Crippen molar-refractivity contribution in [2.75, 3.05) is 6.54 Å². The lowest BCUT2D eigenvalue weighted by atomic mass is 9.69. The number of carbonyl (C=O) groups excluding carboxylic acids is 2. The highest BCUT2D eigenvalue weighted by Crippen LogP contribution is 2.54. The largest absolute Gasteiger partial charge is 0.405 e. The number of nitrogens with zero attached hydrogens (tertiary/aromatic N) is 4. The van der Waals surface area contributed by atoms with Crippen molar-refractivity contribution in [3.05, 3.63) is 35.0 Å². The second kappa shape index (κ2) is 10.3. The number of aromatic amines is 1. The molecule has 2 amide bonds. The van der Waals surface area contributed by atoms with Crippen molar-refractivity contribution in [2.24, 2.45) is 17.8 Å². The fourth-order valence-electron chi connectivity index (χ4n) is 6.20. The second-order valence-electron chi connectivity index (χ2n) is 11.8. The number of nitrogens with one attached hydrogen (secondary N) is 3. The first-order valence-electron chi connectivity index (χ1n) is 14.1. The first-order chi connectivity index (χ1) is 19.9. The number of aromatic nitrogens is 5. The number of fused-ring (bicyclic) bond motifs is 1. The van der Waals surface area contributed by atoms with E-state index in [1.54, 1.807) is 13.0 Å². The minimum Gasteiger partial charge on any atom is -0.346 e. The Morgan fingerprint density at radius 1 is 1.05 bits per heavy atom. The average molecular weight is 596 g/mol. The third-order valence-corrected chi connectivity index (χ3v) is 8.74. The predicted molar refractivity (Wildman–Crippen MR) is 136 cm³/mol. The summed E-state index contributed by atoms with van der Waals surface area (Å²) in [7, 11) is 0. The summed E-state index contributed by atoms with van der Waals surface area (Å²) in [6.45, 7) is 0.0263. The molecule has 6 rings (SSSR count). The Labute approximate surface area is 236 Å². The molecule has 0 radical (unpaired) electrons. The number of alkyl halides is 5. The van der Waals surface area contributed by atoms with Crippen molar-refractivity contribution >= 4 is 23.0 Å². The highest BCUT2D eigenvalue weighted by atomic mass is 19.4. The molecule has 3 aromatic rings. The van der Waals surface area contributed by atoms with Gasteiger partial charge in [0.1, 0.15) is 18.1 Å². The predicted octanol–water partition coefficient (Wildman–Crippen LogP) is 4.68. The van der Waals surface area contributed by atoms with Crippen molar-refractivity contribution in [3.8, 4) is 0 Å². The van der Waals surface area contributed by atoms with Crippen molar-refractivity contribution in [3.63, 3.8) is 0 Å². The van der Waals surface area contributed by atoms with E-state index in [1.165, 1.54) is 6.07 Å². The molecule has 10 nitrogen and oxygen atoms in total. The van der Waals surface area contributed by atoms with Crippen LogP contribution in [0.25, 0.3) is 11.2 Å². The lowest BCUT2D eigenvalue weighted by Crippen LogP contribution is -2.50. The van der Waals surface area contributed by atoms with Crippen LogP contribution in [0.5, 0.6) is 0 Å². The minimum atomic E-state index is -4.66. The average Bonchev–Trinajstić information content (AvgIpc) is 3.86. The Balaban J connectivity index is 1.35. The van der Waals surface area contributed by atoms with E-state index in [0.29, 0.717) is 28.9 Å². The number of aryl methyl sites for hydroxylation is 1. The van der Waals surface area contributed by atoms with Crippen molar-refractivity contribution in [1.29, 1.82) is 0 Å². The van der Waals surface area contributed by atoms with Crippen LogP contribution in [0, 0.1) is 24.7 Å². The van der Waals surface area contributed by atoms with E-state index in [4.69, 9.17) is 4.63 Å². The summed E-state index contributed by atoms with van der Waals surface area (Å²) in [4.78, 5) is 38.7. The van der Waals surface area contributed by atoms with Crippen molar-refractivity contribution in [1.82, 2.24) is 35.9 Å². The Hall–Kier alpha value is -3.65. The Bertz CT molecular complexity index is 1470. The summed E-state index contributed by atoms with van der Waals surface area (Å²) in [5.74, 6) is -3.15. The lowest BCUT2D eigenvalue weighted by molar-refractivity contribution is -0.145. The minimum absolute atomic E-state index is 0.0581. The van der Waals surface area contributed by atoms with Crippen LogP contribution in [-0.4, -0.2) is 55.7 Å². The molecule has 3 fully saturated rings. The van der Waals surface area contributed by atoms with Gasteiger partial charge < -0.3 is 15.6 Å². The van der Waals surface area contributed by atoms with Crippen LogP contribution >= 0.6 is 0 Å². The molecule has 0 spiro atoms. The molecule has 15 heteroatoms. The van der Waals surface area contributed by atoms with E-state index in [1.807, 2.05) is 5.32 Å². The topological polar surface area (TPSA) is 139 Å². The molecule has 0 bridgehead atoms. The maximum Gasteiger partial charge on any atom is 0.405 e. The number of pyridine rings is 1. The standard InChI is InChI=1S/C27H30F5N7O3/c1-13-19(39-42-38-13)23(40)36-20(18(14-2-3-14)15-4-5-15)22-34-16-6-7-17(35-21(16)37-22)25(8-10-26(28,29)11-9-25)24(41)33-12-27(30,31)32/h6-7,14-15,18,20H,2-5,8-12H2,1H3,(H,33,41)(H,36,40)(H,34,35,37)/t20-/m0/s1. The zero-order valence-corrected chi connectivity index (χ0v) is 22.7. The molecule has 3 N–H and O–H groups in total. The number of hydrogen-bond acceptors (Lipinski definition) is 7. The van der Waals surface area contributed by atoms with Crippen LogP contribution in [0.15, 0.2) is 16.8 Å². The molecule has 3 aliphatic carbocycles. The van der Waals surface area contributed by atoms with Gasteiger partial charge in [-0.3, -0.25) is 9.59 Å². The van der Waals surface area contributed by atoms with Gasteiger partial charge in [0.2, 0.25) is 11.8 Å². The van der Waals surface area contributed by atoms with Gasteiger partial charge in [-0.15, -0.1) is 0 Å². The van der Waals surface area contributed by atoms with Gasteiger partial charge in [0.25, 0.3) is 5.91 Å². The molecular formula is C27H30F5N7O3. The molecule has 0 unspecified atom stereocenters. The zero-order valence-electron chi connectivity index (χ0n) is 22.7. The number of amides is 2. The van der Waals surface area contributed by atoms with Crippen LogP contribution in [0.4, 0.5) is 22.0 Å². The third-order valence-electron chi connectivity index (χ3n) is 8.74. The fourth-order valence-corrected chi connectivity index (χ4v) is 6.20. The van der Waals surface area contributed by atoms with Crippen LogP contribution < -0.4 is 10.6 Å². The molecule has 226 valence electrons. The van der Waals surface area contributed by atoms with E-state index in [9.17, 15) is 31.5 Å². The molecule has 3 heterocycles. The fraction of sp³-hybridized carbons (Fsp3) is 0.630. The van der Waals surface area contributed by atoms with Crippen LogP contribution in [-0.2, 0) is 10.2 Å². The van der Waals surface area contributed by atoms with Gasteiger partial charge >= 0.3 is 6.18 Å². The second-order valence-corrected chi connectivity index (χ2v) is 11.8. The van der Waals surface area contributed by atoms with E-state index >= 15 is 0 Å². The van der Waals surface area contributed by atoms with Crippen molar-refractivity contribution in [2.45, 2.75) is 81.8 Å². The molecule has 0 aliphatic heterocycles. The monoisotopic (exact) mass is 595 g/mol. The summed E-state index contributed by atoms with van der Waals surface area (Å²) in [6.07, 6.45) is -2.60. The smallest absolute Gasteiger partial charge is 0.346 e. The third kappa shape index (κ3) is 5.69. The van der Waals surface area contributed by atoms with E-state index in [-0.39, 0.29) is 35.8 Å². The molecule has 0 aromatic carbocycles. The summed E-state index contributed by atoms with van der Waals surface area (Å²) >= 11 is 0. The van der Waals surface area contributed by atoms with Gasteiger partial charge in [0, 0.05) is 12.8 Å². The van der Waals surface area contributed by atoms with Crippen LogP contribution in [0.1, 0.15) is 85.1 Å². The molecule has 0 saturated heterocycles. The number of hydrogen-bond donors (Lipinski definition) is 3. The number of halogens is 5. The van der Waals surface area contributed by atoms with E-state index in [2.05, 4.69) is 30.6 Å². The molecule has 3 saturated carbocycles. The summed E-state index contributed by atoms with van der Waals surface area (Å²) < 4.78 is 71.6. The molecule has 42 heavy (non-hydrogen) atoms. The van der Waals surface area contributed by atoms with Crippen LogP contribution in [0.2, 0.25) is 0 Å². The summed E-state index contributed by atoms with van der Waals surface area (Å²) in [5, 5.41) is 12.3. The van der Waals surface area contributed by atoms with Gasteiger partial charge in [0.15, 0.2) is 11.3 Å². The van der Waals surface area contributed by atoms with E-state index < -0.39 is 54.8 Å². The highest BCUT2D eigenvalue weighted by Gasteiger charge is 2.51. The first-order valence-corrected chi connectivity index (χ1v) is 14.1. The zero-order chi connectivity index (χ0) is 29.9. The maximum atomic E-state index is 14.1. The Kier molecular flexibility index (Phi) is 6.96. The lowest BCUT2D eigenvalue weighted by Gasteiger charge is -2.38. The first kappa shape index (κ1) is 28.5. The van der Waals surface area contributed by atoms with Crippen LogP contribution in [0.3, 0.4) is 0 Å². The number of imidazole rings is 1. The Morgan fingerprint density at radius 2 is 1.71 bits per heavy atom. The van der Waals surface area contributed by atoms with Gasteiger partial charge in [-0.2, -0.15) is 13.2 Å². The molecule has 3 aromatic heterocycles. The number of H-pyrrole nitrogens is 1. The van der Waals surface area contributed by atoms with Gasteiger partial charge in [0.05, 0.1) is 22.7 Å². The molecule has 1 atom stereocenters. The summed E-state index contributed by atoms with van der Waals surface area (Å²) in [5.41, 5.74) is -0.549. The van der Waals surface area contributed by atoms with Crippen molar-refractivity contribution < 1.29 is 36.2 Å². The SMILES string of the molecule is Cc1nonc1C(=O)N[C@H](c1nc2nc(C3(C(=O)NCC(F)(F)F)CCC(F)(F)CC3)ccc2[nH]1)C(C1CC1)C1CC1. The molecular weight excluding hydrogens is 565 g/mol. The Morgan fingerprint density at radius 3 is 2.29 bits per heavy atom. The maximum absolute atomic E-state index is 14.1. The number of rotatable bonds is 9. The van der Waals surface area contributed by atoms with E-state index in [0.717, 1.165) is 25.7 Å². The molecule has 3 aliphatic rings. The quantitative estimate of drug-likeness (QED) is 0.305. The normalized spacial score (nSPS) is 20.9. The summed E-state index contributed by atoms with van der Waals surface area (Å²) in [6, 6.07) is 2.54.